The van der Waals surface area contributed by atoms with Crippen LogP contribution in [-0.2, 0) is 19.6 Å². The number of aliphatic carboxylic acids is 1. The van der Waals surface area contributed by atoms with E-state index in [1.165, 1.54) is 11.0 Å². The van der Waals surface area contributed by atoms with Crippen LogP contribution in [0.3, 0.4) is 0 Å². The van der Waals surface area contributed by atoms with Gasteiger partial charge in [0.15, 0.2) is 0 Å². The van der Waals surface area contributed by atoms with Gasteiger partial charge in [-0.2, -0.15) is 0 Å². The Morgan fingerprint density at radius 1 is 1.15 bits per heavy atom. The molecule has 2 atom stereocenters. The van der Waals surface area contributed by atoms with Gasteiger partial charge >= 0.3 is 5.97 Å². The molecule has 0 spiro atoms. The minimum Gasteiger partial charge on any atom is -0.481 e. The lowest BCUT2D eigenvalue weighted by molar-refractivity contribution is -0.142. The molecule has 1 aliphatic rings. The third-order valence-electron chi connectivity index (χ3n) is 4.94. The van der Waals surface area contributed by atoms with Crippen molar-refractivity contribution in [2.75, 3.05) is 19.6 Å². The van der Waals surface area contributed by atoms with E-state index in [0.717, 1.165) is 10.8 Å². The number of likely N-dealkylation sites (tertiary alicyclic amines) is 1. The average molecular weight is 390 g/mol. The Morgan fingerprint density at radius 3 is 2.52 bits per heavy atom. The quantitative estimate of drug-likeness (QED) is 0.781. The fourth-order valence-electron chi connectivity index (χ4n) is 3.36. The van der Waals surface area contributed by atoms with Crippen LogP contribution in [0.15, 0.2) is 47.4 Å². The molecule has 0 bridgehead atoms. The van der Waals surface area contributed by atoms with Gasteiger partial charge in [-0.1, -0.05) is 37.3 Å². The van der Waals surface area contributed by atoms with E-state index in [0.29, 0.717) is 6.54 Å². The molecule has 27 heavy (non-hydrogen) atoms. The summed E-state index contributed by atoms with van der Waals surface area (Å²) in [5.74, 6) is -1.83. The number of carbonyl (C=O) groups is 2. The second kappa shape index (κ2) is 7.66. The summed E-state index contributed by atoms with van der Waals surface area (Å²) < 4.78 is 27.4. The SMILES string of the molecule is C[C@@H]1CN(C(=O)CCNS(=O)(=O)c2ccc3ccccc3c2)C[C@H]1C(=O)O. The zero-order valence-corrected chi connectivity index (χ0v) is 15.8. The molecular formula is C19H22N2O5S. The number of hydrogen-bond donors (Lipinski definition) is 2. The number of benzene rings is 2. The van der Waals surface area contributed by atoms with E-state index in [1.807, 2.05) is 24.3 Å². The molecule has 1 amide bonds. The number of sulfonamides is 1. The summed E-state index contributed by atoms with van der Waals surface area (Å²) in [6, 6.07) is 12.3. The van der Waals surface area contributed by atoms with Gasteiger partial charge in [0.05, 0.1) is 10.8 Å². The number of rotatable bonds is 6. The molecular weight excluding hydrogens is 368 g/mol. The topological polar surface area (TPSA) is 104 Å². The number of nitrogens with one attached hydrogen (secondary N) is 1. The number of carboxylic acid groups (broad SMARTS) is 1. The van der Waals surface area contributed by atoms with Crippen molar-refractivity contribution in [3.8, 4) is 0 Å². The monoisotopic (exact) mass is 390 g/mol. The molecule has 0 saturated carbocycles. The Labute approximate surface area is 158 Å². The Balaban J connectivity index is 1.59. The molecule has 8 heteroatoms. The van der Waals surface area contributed by atoms with E-state index < -0.39 is 21.9 Å². The lowest BCUT2D eigenvalue weighted by atomic mass is 9.99. The van der Waals surface area contributed by atoms with Gasteiger partial charge in [-0.15, -0.1) is 0 Å². The van der Waals surface area contributed by atoms with Crippen molar-refractivity contribution < 1.29 is 23.1 Å². The number of nitrogens with zero attached hydrogens (tertiary/aromatic N) is 1. The van der Waals surface area contributed by atoms with Crippen molar-refractivity contribution in [2.24, 2.45) is 11.8 Å². The van der Waals surface area contributed by atoms with Crippen molar-refractivity contribution in [1.29, 1.82) is 0 Å². The molecule has 3 rings (SSSR count). The summed E-state index contributed by atoms with van der Waals surface area (Å²) in [6.07, 6.45) is -0.00807. The van der Waals surface area contributed by atoms with Crippen LogP contribution in [0.1, 0.15) is 13.3 Å². The maximum absolute atomic E-state index is 12.5. The number of carboxylic acids is 1. The number of fused-ring (bicyclic) bond motifs is 1. The molecule has 1 aliphatic heterocycles. The third-order valence-corrected chi connectivity index (χ3v) is 6.40. The van der Waals surface area contributed by atoms with Crippen LogP contribution in [0.4, 0.5) is 0 Å². The number of amides is 1. The highest BCUT2D eigenvalue weighted by Gasteiger charge is 2.36. The standard InChI is InChI=1S/C19H22N2O5S/c1-13-11-21(12-17(13)19(23)24)18(22)8-9-20-27(25,26)16-7-6-14-4-2-3-5-15(14)10-16/h2-7,10,13,17,20H,8-9,11-12H2,1H3,(H,23,24)/t13-,17-/m1/s1. The van der Waals surface area contributed by atoms with Gasteiger partial charge < -0.3 is 10.0 Å². The Morgan fingerprint density at radius 2 is 1.85 bits per heavy atom. The zero-order valence-electron chi connectivity index (χ0n) is 15.0. The zero-order chi connectivity index (χ0) is 19.6. The van der Waals surface area contributed by atoms with Crippen LogP contribution >= 0.6 is 0 Å². The average Bonchev–Trinajstić information content (AvgIpc) is 3.03. The van der Waals surface area contributed by atoms with Gasteiger partial charge in [0.1, 0.15) is 0 Å². The normalized spacial score (nSPS) is 20.1. The van der Waals surface area contributed by atoms with E-state index in [1.54, 1.807) is 19.1 Å². The molecule has 0 aliphatic carbocycles. The van der Waals surface area contributed by atoms with Gasteiger partial charge in [-0.3, -0.25) is 9.59 Å². The first-order valence-electron chi connectivity index (χ1n) is 8.77. The predicted octanol–water partition coefficient (Wildman–Crippen LogP) is 1.69. The van der Waals surface area contributed by atoms with Crippen LogP contribution in [0.2, 0.25) is 0 Å². The lowest BCUT2D eigenvalue weighted by Crippen LogP contribution is -2.33. The second-order valence-corrected chi connectivity index (χ2v) is 8.64. The van der Waals surface area contributed by atoms with E-state index in [-0.39, 0.29) is 36.2 Å². The Bertz CT molecular complexity index is 973. The van der Waals surface area contributed by atoms with E-state index in [2.05, 4.69) is 4.72 Å². The van der Waals surface area contributed by atoms with E-state index in [9.17, 15) is 18.0 Å². The fraction of sp³-hybridized carbons (Fsp3) is 0.368. The van der Waals surface area contributed by atoms with Gasteiger partial charge in [-0.25, -0.2) is 13.1 Å². The first kappa shape index (κ1) is 19.3. The minimum absolute atomic E-state index is 0.00807. The smallest absolute Gasteiger partial charge is 0.308 e. The van der Waals surface area contributed by atoms with Crippen molar-refractivity contribution in [1.82, 2.24) is 9.62 Å². The summed E-state index contributed by atoms with van der Waals surface area (Å²) in [5, 5.41) is 10.9. The van der Waals surface area contributed by atoms with Crippen LogP contribution in [0.25, 0.3) is 10.8 Å². The number of carbonyl (C=O) groups excluding carboxylic acids is 1. The maximum atomic E-state index is 12.5. The molecule has 1 saturated heterocycles. The molecule has 1 heterocycles. The van der Waals surface area contributed by atoms with E-state index in [4.69, 9.17) is 5.11 Å². The minimum atomic E-state index is -3.72. The first-order valence-corrected chi connectivity index (χ1v) is 10.3. The van der Waals surface area contributed by atoms with Crippen molar-refractivity contribution in [3.05, 3.63) is 42.5 Å². The summed E-state index contributed by atoms with van der Waals surface area (Å²) in [6.45, 7) is 2.32. The largest absolute Gasteiger partial charge is 0.481 e. The summed E-state index contributed by atoms with van der Waals surface area (Å²) in [7, 11) is -3.72. The Kier molecular flexibility index (Phi) is 5.48. The van der Waals surface area contributed by atoms with Crippen LogP contribution in [0, 0.1) is 11.8 Å². The molecule has 2 N–H and O–H groups in total. The summed E-state index contributed by atoms with van der Waals surface area (Å²) in [4.78, 5) is 25.0. The van der Waals surface area contributed by atoms with Gasteiger partial charge in [-0.05, 0) is 28.8 Å². The molecule has 0 unspecified atom stereocenters. The van der Waals surface area contributed by atoms with Gasteiger partial charge in [0, 0.05) is 26.1 Å². The van der Waals surface area contributed by atoms with Crippen LogP contribution < -0.4 is 4.72 Å². The molecule has 2 aromatic rings. The summed E-state index contributed by atoms with van der Waals surface area (Å²) >= 11 is 0. The highest BCUT2D eigenvalue weighted by molar-refractivity contribution is 7.89. The highest BCUT2D eigenvalue weighted by Crippen LogP contribution is 2.23. The summed E-state index contributed by atoms with van der Waals surface area (Å²) in [5.41, 5.74) is 0. The molecule has 0 aromatic heterocycles. The van der Waals surface area contributed by atoms with Crippen LogP contribution in [-0.4, -0.2) is 49.9 Å². The maximum Gasteiger partial charge on any atom is 0.308 e. The predicted molar refractivity (Wildman–Crippen MR) is 101 cm³/mol. The fourth-order valence-corrected chi connectivity index (χ4v) is 4.43. The van der Waals surface area contributed by atoms with Crippen molar-refractivity contribution >= 4 is 32.7 Å². The molecule has 1 fully saturated rings. The second-order valence-electron chi connectivity index (χ2n) is 6.88. The Hall–Kier alpha value is -2.45. The molecule has 144 valence electrons. The van der Waals surface area contributed by atoms with Crippen molar-refractivity contribution in [3.63, 3.8) is 0 Å². The highest BCUT2D eigenvalue weighted by atomic mass is 32.2. The van der Waals surface area contributed by atoms with E-state index >= 15 is 0 Å². The molecule has 2 aromatic carbocycles. The van der Waals surface area contributed by atoms with Crippen molar-refractivity contribution in [2.45, 2.75) is 18.2 Å². The van der Waals surface area contributed by atoms with Crippen LogP contribution in [0.5, 0.6) is 0 Å². The molecule has 0 radical (unpaired) electrons. The van der Waals surface area contributed by atoms with Gasteiger partial charge in [0.2, 0.25) is 15.9 Å². The number of hydrogen-bond acceptors (Lipinski definition) is 4. The van der Waals surface area contributed by atoms with Gasteiger partial charge in [0.25, 0.3) is 0 Å². The molecule has 7 nitrogen and oxygen atoms in total. The first-order chi connectivity index (χ1) is 12.8. The lowest BCUT2D eigenvalue weighted by Gasteiger charge is -2.16. The third kappa shape index (κ3) is 4.28.